The molecule has 4 fully saturated rings. The molecule has 0 heterocycles. The third kappa shape index (κ3) is 5.75. The van der Waals surface area contributed by atoms with E-state index in [2.05, 4.69) is 217 Å². The van der Waals surface area contributed by atoms with Crippen LogP contribution in [0.2, 0.25) is 0 Å². The summed E-state index contributed by atoms with van der Waals surface area (Å²) in [5.74, 6) is 3.19. The minimum Gasteiger partial charge on any atom is -0.310 e. The van der Waals surface area contributed by atoms with Crippen molar-refractivity contribution in [2.24, 2.45) is 23.7 Å². The molecule has 0 N–H and O–H groups in total. The highest BCUT2D eigenvalue weighted by Gasteiger charge is 2.61. The van der Waals surface area contributed by atoms with Crippen molar-refractivity contribution in [3.05, 3.63) is 223 Å². The van der Waals surface area contributed by atoms with Crippen LogP contribution in [0.25, 0.3) is 66.4 Å². The number of anilines is 3. The molecule has 0 amide bonds. The summed E-state index contributed by atoms with van der Waals surface area (Å²) in [6.07, 6.45) is 6.95. The largest absolute Gasteiger partial charge is 0.310 e. The molecule has 1 heteroatoms. The Balaban J connectivity index is 0.988. The molecular formula is C62H49N. The van der Waals surface area contributed by atoms with Gasteiger partial charge >= 0.3 is 0 Å². The van der Waals surface area contributed by atoms with Gasteiger partial charge in [0.2, 0.25) is 0 Å². The predicted octanol–water partition coefficient (Wildman–Crippen LogP) is 16.7. The molecule has 14 rings (SSSR count). The van der Waals surface area contributed by atoms with Crippen LogP contribution >= 0.6 is 0 Å². The van der Waals surface area contributed by atoms with Crippen molar-refractivity contribution in [2.75, 3.05) is 4.90 Å². The molecule has 9 aromatic carbocycles. The van der Waals surface area contributed by atoms with E-state index in [4.69, 9.17) is 0 Å². The molecular weight excluding hydrogens is 759 g/mol. The van der Waals surface area contributed by atoms with Crippen LogP contribution in [0, 0.1) is 23.7 Å². The quantitative estimate of drug-likeness (QED) is 0.155. The molecule has 9 aromatic rings. The van der Waals surface area contributed by atoms with E-state index < -0.39 is 0 Å². The summed E-state index contributed by atoms with van der Waals surface area (Å²) < 4.78 is 0. The second kappa shape index (κ2) is 14.6. The fraction of sp³-hybridized carbons (Fsp3) is 0.161. The van der Waals surface area contributed by atoms with Gasteiger partial charge in [-0.15, -0.1) is 0 Å². The number of rotatable bonds is 7. The van der Waals surface area contributed by atoms with E-state index in [1.54, 1.807) is 11.1 Å². The highest BCUT2D eigenvalue weighted by atomic mass is 15.1. The van der Waals surface area contributed by atoms with Crippen LogP contribution in [-0.4, -0.2) is 0 Å². The summed E-state index contributed by atoms with van der Waals surface area (Å²) in [7, 11) is 0. The molecule has 0 atom stereocenters. The summed E-state index contributed by atoms with van der Waals surface area (Å²) in [5, 5.41) is 2.53. The van der Waals surface area contributed by atoms with Crippen LogP contribution in [0.3, 0.4) is 0 Å². The summed E-state index contributed by atoms with van der Waals surface area (Å²) in [6, 6.07) is 79.5. The lowest BCUT2D eigenvalue weighted by molar-refractivity contribution is -0.0399. The summed E-state index contributed by atoms with van der Waals surface area (Å²) in [6.45, 7) is 0. The molecule has 1 spiro atoms. The maximum atomic E-state index is 2.63. The number of hydrogen-bond donors (Lipinski definition) is 0. The Bertz CT molecular complexity index is 3040. The molecule has 0 radical (unpaired) electrons. The molecule has 4 saturated carbocycles. The zero-order valence-electron chi connectivity index (χ0n) is 35.5. The maximum absolute atomic E-state index is 2.63. The molecule has 4 bridgehead atoms. The lowest BCUT2D eigenvalue weighted by Crippen LogP contribution is -2.55. The molecule has 302 valence electrons. The van der Waals surface area contributed by atoms with Crippen molar-refractivity contribution in [2.45, 2.75) is 37.5 Å². The van der Waals surface area contributed by atoms with E-state index in [-0.39, 0.29) is 5.41 Å². The molecule has 63 heavy (non-hydrogen) atoms. The Kier molecular flexibility index (Phi) is 8.48. The van der Waals surface area contributed by atoms with Crippen molar-refractivity contribution in [1.29, 1.82) is 0 Å². The first-order chi connectivity index (χ1) is 31.2. The monoisotopic (exact) mass is 807 g/mol. The molecule has 0 aromatic heterocycles. The molecule has 0 saturated heterocycles. The fourth-order valence-corrected chi connectivity index (χ4v) is 13.3. The third-order valence-corrected chi connectivity index (χ3v) is 15.7. The van der Waals surface area contributed by atoms with Crippen LogP contribution in [0.15, 0.2) is 212 Å². The lowest BCUT2D eigenvalue weighted by atomic mass is 9.43. The highest BCUT2D eigenvalue weighted by Crippen LogP contribution is 2.70. The smallest absolute Gasteiger partial charge is 0.0540 e. The van der Waals surface area contributed by atoms with Gasteiger partial charge in [-0.2, -0.15) is 0 Å². The average molecular weight is 808 g/mol. The van der Waals surface area contributed by atoms with E-state index in [1.807, 2.05) is 0 Å². The van der Waals surface area contributed by atoms with Crippen LogP contribution in [0.1, 0.15) is 43.2 Å². The van der Waals surface area contributed by atoms with E-state index in [1.165, 1.54) is 104 Å². The Labute approximate surface area is 371 Å². The number of hydrogen-bond acceptors (Lipinski definition) is 1. The van der Waals surface area contributed by atoms with E-state index >= 15 is 0 Å². The Morgan fingerprint density at radius 1 is 0.333 bits per heavy atom. The third-order valence-electron chi connectivity index (χ3n) is 15.7. The van der Waals surface area contributed by atoms with Crippen molar-refractivity contribution >= 4 is 27.8 Å². The Morgan fingerprint density at radius 2 is 0.810 bits per heavy atom. The predicted molar refractivity (Wildman–Crippen MR) is 264 cm³/mol. The Morgan fingerprint density at radius 3 is 1.38 bits per heavy atom. The molecule has 0 aliphatic heterocycles. The minimum absolute atomic E-state index is 0.0727. The van der Waals surface area contributed by atoms with Crippen molar-refractivity contribution in [1.82, 2.24) is 0 Å². The standard InChI is InChI=1S/C62H49N/c1-4-13-43(14-5-1)46-23-28-51(29-24-46)63(52-30-25-47(26-31-52)44-15-6-2-7-16-44)60-34-33-54(53-19-10-11-20-55(53)60)56-21-12-22-58-61(56)57-32-27-48(45-17-8-3-9-18-45)40-59(57)62(58)49-36-41-35-42(38-49)39-50(62)37-41/h1-34,40-42,49-50H,35-39H2. The average Bonchev–Trinajstić information content (AvgIpc) is 3.65. The van der Waals surface area contributed by atoms with E-state index in [0.717, 1.165) is 23.2 Å². The van der Waals surface area contributed by atoms with Gasteiger partial charge in [0, 0.05) is 22.2 Å². The SMILES string of the molecule is c1ccc(-c2ccc(N(c3ccc(-c4ccccc4)cc3)c3ccc(-c4cccc5c4-c4ccc(-c6ccccc6)cc4C54C5CC6CC(C5)CC4C6)c4ccccc34)cc2)cc1. The second-order valence-electron chi connectivity index (χ2n) is 18.9. The van der Waals surface area contributed by atoms with Gasteiger partial charge in [0.1, 0.15) is 0 Å². The van der Waals surface area contributed by atoms with Gasteiger partial charge in [-0.25, -0.2) is 0 Å². The molecule has 5 aliphatic carbocycles. The van der Waals surface area contributed by atoms with Crippen LogP contribution in [-0.2, 0) is 5.41 Å². The maximum Gasteiger partial charge on any atom is 0.0540 e. The summed E-state index contributed by atoms with van der Waals surface area (Å²) in [5.41, 5.74) is 19.8. The first kappa shape index (κ1) is 36.7. The van der Waals surface area contributed by atoms with Crippen LogP contribution in [0.5, 0.6) is 0 Å². The minimum atomic E-state index is 0.0727. The van der Waals surface area contributed by atoms with Crippen molar-refractivity contribution in [3.8, 4) is 55.6 Å². The highest BCUT2D eigenvalue weighted by molar-refractivity contribution is 6.09. The van der Waals surface area contributed by atoms with Crippen molar-refractivity contribution in [3.63, 3.8) is 0 Å². The number of nitrogens with zero attached hydrogens (tertiary/aromatic N) is 1. The van der Waals surface area contributed by atoms with Gasteiger partial charge in [0.05, 0.1) is 5.69 Å². The lowest BCUT2D eigenvalue weighted by Gasteiger charge is -2.61. The summed E-state index contributed by atoms with van der Waals surface area (Å²) >= 11 is 0. The Hall–Kier alpha value is -6.96. The fourth-order valence-electron chi connectivity index (χ4n) is 13.3. The second-order valence-corrected chi connectivity index (χ2v) is 18.9. The summed E-state index contributed by atoms with van der Waals surface area (Å²) in [4.78, 5) is 2.45. The van der Waals surface area contributed by atoms with Gasteiger partial charge in [-0.1, -0.05) is 176 Å². The van der Waals surface area contributed by atoms with Crippen molar-refractivity contribution < 1.29 is 0 Å². The first-order valence-corrected chi connectivity index (χ1v) is 23.2. The van der Waals surface area contributed by atoms with Crippen LogP contribution in [0.4, 0.5) is 17.1 Å². The van der Waals surface area contributed by atoms with Crippen LogP contribution < -0.4 is 4.90 Å². The normalized spacial score (nSPS) is 21.4. The molecule has 5 aliphatic rings. The topological polar surface area (TPSA) is 3.24 Å². The van der Waals surface area contributed by atoms with Gasteiger partial charge < -0.3 is 4.90 Å². The van der Waals surface area contributed by atoms with Gasteiger partial charge in [-0.05, 0) is 164 Å². The van der Waals surface area contributed by atoms with Gasteiger partial charge in [0.25, 0.3) is 0 Å². The number of benzene rings is 9. The zero-order chi connectivity index (χ0) is 41.5. The molecule has 0 unspecified atom stereocenters. The van der Waals surface area contributed by atoms with E-state index in [9.17, 15) is 0 Å². The van der Waals surface area contributed by atoms with E-state index in [0.29, 0.717) is 11.8 Å². The first-order valence-electron chi connectivity index (χ1n) is 23.2. The number of fused-ring (bicyclic) bond motifs is 4. The molecule has 1 nitrogen and oxygen atoms in total. The van der Waals surface area contributed by atoms with Gasteiger partial charge in [0.15, 0.2) is 0 Å². The zero-order valence-corrected chi connectivity index (χ0v) is 35.5. The van der Waals surface area contributed by atoms with Gasteiger partial charge in [-0.3, -0.25) is 0 Å².